The van der Waals surface area contributed by atoms with Crippen molar-refractivity contribution in [3.05, 3.63) is 35.9 Å². The number of hydrogen-bond acceptors (Lipinski definition) is 3. The first-order valence-corrected chi connectivity index (χ1v) is 9.37. The topological polar surface area (TPSA) is 49.6 Å². The standard InChI is InChI=1S/C20H33N3O/c1-3-12-20(2,21)19(24)23-15-8-14-22(16-17-23)13-7-11-18-9-5-4-6-10-18/h4-6,9-10H,3,7-8,11-17,21H2,1-2H3. The highest BCUT2D eigenvalue weighted by atomic mass is 16.2. The largest absolute Gasteiger partial charge is 0.340 e. The number of carbonyl (C=O) groups excluding carboxylic acids is 1. The van der Waals surface area contributed by atoms with E-state index >= 15 is 0 Å². The van der Waals surface area contributed by atoms with Gasteiger partial charge in [0.2, 0.25) is 5.91 Å². The fraction of sp³-hybridized carbons (Fsp3) is 0.650. The van der Waals surface area contributed by atoms with E-state index in [4.69, 9.17) is 5.73 Å². The number of amides is 1. The second kappa shape index (κ2) is 9.19. The summed E-state index contributed by atoms with van der Waals surface area (Å²) in [6.07, 6.45) is 5.03. The van der Waals surface area contributed by atoms with Gasteiger partial charge in [-0.1, -0.05) is 43.7 Å². The van der Waals surface area contributed by atoms with Gasteiger partial charge in [-0.05, 0) is 51.3 Å². The summed E-state index contributed by atoms with van der Waals surface area (Å²) in [5.41, 5.74) is 6.92. The highest BCUT2D eigenvalue weighted by molar-refractivity contribution is 5.85. The van der Waals surface area contributed by atoms with Crippen molar-refractivity contribution in [1.82, 2.24) is 9.80 Å². The van der Waals surface area contributed by atoms with E-state index in [9.17, 15) is 4.79 Å². The monoisotopic (exact) mass is 331 g/mol. The zero-order valence-electron chi connectivity index (χ0n) is 15.3. The molecule has 1 atom stereocenters. The van der Waals surface area contributed by atoms with E-state index in [-0.39, 0.29) is 5.91 Å². The second-order valence-corrected chi connectivity index (χ2v) is 7.24. The molecule has 1 aromatic rings. The minimum absolute atomic E-state index is 0.121. The Balaban J connectivity index is 1.77. The molecule has 1 saturated heterocycles. The first-order chi connectivity index (χ1) is 11.5. The molecule has 0 radical (unpaired) electrons. The Labute approximate surface area is 147 Å². The Morgan fingerprint density at radius 2 is 1.92 bits per heavy atom. The molecule has 1 unspecified atom stereocenters. The number of rotatable bonds is 7. The summed E-state index contributed by atoms with van der Waals surface area (Å²) >= 11 is 0. The van der Waals surface area contributed by atoms with Crippen LogP contribution in [0.3, 0.4) is 0 Å². The zero-order chi connectivity index (χ0) is 17.4. The summed E-state index contributed by atoms with van der Waals surface area (Å²) in [5, 5.41) is 0. The summed E-state index contributed by atoms with van der Waals surface area (Å²) in [4.78, 5) is 17.1. The quantitative estimate of drug-likeness (QED) is 0.836. The first kappa shape index (κ1) is 18.9. The van der Waals surface area contributed by atoms with Crippen LogP contribution in [0.5, 0.6) is 0 Å². The van der Waals surface area contributed by atoms with Crippen LogP contribution < -0.4 is 5.73 Å². The summed E-state index contributed by atoms with van der Waals surface area (Å²) < 4.78 is 0. The van der Waals surface area contributed by atoms with E-state index in [2.05, 4.69) is 42.2 Å². The van der Waals surface area contributed by atoms with E-state index in [1.807, 2.05) is 11.8 Å². The lowest BCUT2D eigenvalue weighted by Gasteiger charge is -2.31. The molecule has 0 aliphatic carbocycles. The van der Waals surface area contributed by atoms with Crippen LogP contribution in [0.25, 0.3) is 0 Å². The number of nitrogens with two attached hydrogens (primary N) is 1. The third-order valence-electron chi connectivity index (χ3n) is 4.92. The smallest absolute Gasteiger partial charge is 0.242 e. The lowest BCUT2D eigenvalue weighted by molar-refractivity contribution is -0.136. The van der Waals surface area contributed by atoms with Crippen LogP contribution in [0.1, 0.15) is 45.1 Å². The number of benzene rings is 1. The van der Waals surface area contributed by atoms with Crippen LogP contribution in [0, 0.1) is 0 Å². The Morgan fingerprint density at radius 1 is 1.17 bits per heavy atom. The van der Waals surface area contributed by atoms with Crippen molar-refractivity contribution in [2.24, 2.45) is 5.73 Å². The van der Waals surface area contributed by atoms with E-state index < -0.39 is 5.54 Å². The van der Waals surface area contributed by atoms with Gasteiger partial charge in [0.1, 0.15) is 0 Å². The van der Waals surface area contributed by atoms with Gasteiger partial charge in [-0.2, -0.15) is 0 Å². The van der Waals surface area contributed by atoms with E-state index in [0.29, 0.717) is 0 Å². The fourth-order valence-electron chi connectivity index (χ4n) is 3.54. The molecule has 1 heterocycles. The van der Waals surface area contributed by atoms with Gasteiger partial charge in [0.05, 0.1) is 5.54 Å². The third-order valence-corrected chi connectivity index (χ3v) is 4.92. The summed E-state index contributed by atoms with van der Waals surface area (Å²) in [6, 6.07) is 10.7. The van der Waals surface area contributed by atoms with Gasteiger partial charge >= 0.3 is 0 Å². The molecule has 2 N–H and O–H groups in total. The molecule has 24 heavy (non-hydrogen) atoms. The molecule has 1 aliphatic heterocycles. The molecule has 0 spiro atoms. The number of nitrogens with zero attached hydrogens (tertiary/aromatic N) is 2. The van der Waals surface area contributed by atoms with Crippen molar-refractivity contribution < 1.29 is 4.79 Å². The molecular weight excluding hydrogens is 298 g/mol. The molecule has 1 aromatic carbocycles. The van der Waals surface area contributed by atoms with E-state index in [0.717, 1.165) is 58.4 Å². The van der Waals surface area contributed by atoms with Gasteiger partial charge in [0.25, 0.3) is 0 Å². The molecule has 2 rings (SSSR count). The lowest BCUT2D eigenvalue weighted by atomic mass is 9.95. The van der Waals surface area contributed by atoms with Crippen molar-refractivity contribution in [3.8, 4) is 0 Å². The minimum atomic E-state index is -0.711. The Morgan fingerprint density at radius 3 is 2.62 bits per heavy atom. The molecule has 0 saturated carbocycles. The second-order valence-electron chi connectivity index (χ2n) is 7.24. The average molecular weight is 332 g/mol. The Kier molecular flexibility index (Phi) is 7.25. The van der Waals surface area contributed by atoms with Crippen LogP contribution in [0.4, 0.5) is 0 Å². The number of carbonyl (C=O) groups is 1. The van der Waals surface area contributed by atoms with Gasteiger partial charge in [-0.25, -0.2) is 0 Å². The summed E-state index contributed by atoms with van der Waals surface area (Å²) in [6.45, 7) is 8.74. The highest BCUT2D eigenvalue weighted by Crippen LogP contribution is 2.15. The molecular formula is C20H33N3O. The minimum Gasteiger partial charge on any atom is -0.340 e. The van der Waals surface area contributed by atoms with E-state index in [1.54, 1.807) is 0 Å². The maximum Gasteiger partial charge on any atom is 0.242 e. The van der Waals surface area contributed by atoms with Crippen molar-refractivity contribution in [1.29, 1.82) is 0 Å². The van der Waals surface area contributed by atoms with Crippen molar-refractivity contribution in [2.75, 3.05) is 32.7 Å². The summed E-state index contributed by atoms with van der Waals surface area (Å²) in [5.74, 6) is 0.121. The summed E-state index contributed by atoms with van der Waals surface area (Å²) in [7, 11) is 0. The lowest BCUT2D eigenvalue weighted by Crippen LogP contribution is -2.54. The van der Waals surface area contributed by atoms with Gasteiger partial charge in [-0.15, -0.1) is 0 Å². The zero-order valence-corrected chi connectivity index (χ0v) is 15.3. The van der Waals surface area contributed by atoms with Crippen LogP contribution in [0.15, 0.2) is 30.3 Å². The predicted octanol–water partition coefficient (Wildman–Crippen LogP) is 2.67. The Hall–Kier alpha value is -1.39. The van der Waals surface area contributed by atoms with Crippen molar-refractivity contribution >= 4 is 5.91 Å². The van der Waals surface area contributed by atoms with Gasteiger partial charge < -0.3 is 15.5 Å². The molecule has 4 heteroatoms. The Bertz CT molecular complexity index is 501. The molecule has 0 bridgehead atoms. The molecule has 1 aliphatic rings. The number of aryl methyl sites for hydroxylation is 1. The van der Waals surface area contributed by atoms with Crippen LogP contribution in [-0.2, 0) is 11.2 Å². The van der Waals surface area contributed by atoms with Gasteiger partial charge in [-0.3, -0.25) is 4.79 Å². The van der Waals surface area contributed by atoms with Crippen LogP contribution in [-0.4, -0.2) is 54.0 Å². The average Bonchev–Trinajstić information content (AvgIpc) is 2.81. The predicted molar refractivity (Wildman–Crippen MR) is 99.9 cm³/mol. The van der Waals surface area contributed by atoms with Crippen molar-refractivity contribution in [2.45, 2.75) is 51.5 Å². The highest BCUT2D eigenvalue weighted by Gasteiger charge is 2.32. The van der Waals surface area contributed by atoms with E-state index in [1.165, 1.54) is 12.0 Å². The normalized spacial score (nSPS) is 18.9. The van der Waals surface area contributed by atoms with Gasteiger partial charge in [0.15, 0.2) is 0 Å². The fourth-order valence-corrected chi connectivity index (χ4v) is 3.54. The maximum absolute atomic E-state index is 12.7. The molecule has 1 amide bonds. The molecule has 4 nitrogen and oxygen atoms in total. The van der Waals surface area contributed by atoms with Crippen molar-refractivity contribution in [3.63, 3.8) is 0 Å². The SMILES string of the molecule is CCCC(C)(N)C(=O)N1CCCN(CCCc2ccccc2)CC1. The molecule has 134 valence electrons. The maximum atomic E-state index is 12.7. The molecule has 1 fully saturated rings. The third kappa shape index (κ3) is 5.60. The van der Waals surface area contributed by atoms with Gasteiger partial charge in [0, 0.05) is 19.6 Å². The van der Waals surface area contributed by atoms with Crippen LogP contribution >= 0.6 is 0 Å². The van der Waals surface area contributed by atoms with Crippen LogP contribution in [0.2, 0.25) is 0 Å². The first-order valence-electron chi connectivity index (χ1n) is 9.37. The molecule has 0 aromatic heterocycles. The number of hydrogen-bond donors (Lipinski definition) is 1.